The number of β-amino-alcohol motifs (C(OH)–C–C–N with tert-alkyl or cyclic N) is 1. The number of rotatable bonds is 4. The first-order chi connectivity index (χ1) is 14.0. The van der Waals surface area contributed by atoms with Crippen molar-refractivity contribution in [2.24, 2.45) is 23.7 Å². The molecule has 152 valence electrons. The van der Waals surface area contributed by atoms with E-state index in [0.717, 1.165) is 16.9 Å². The van der Waals surface area contributed by atoms with E-state index in [0.29, 0.717) is 12.2 Å². The van der Waals surface area contributed by atoms with Crippen molar-refractivity contribution in [1.29, 1.82) is 0 Å². The largest absolute Gasteiger partial charge is 0.497 e. The van der Waals surface area contributed by atoms with Gasteiger partial charge in [-0.3, -0.25) is 19.3 Å². The second-order valence-electron chi connectivity index (χ2n) is 8.49. The van der Waals surface area contributed by atoms with Crippen molar-refractivity contribution in [2.45, 2.75) is 25.0 Å². The Kier molecular flexibility index (Phi) is 4.24. The molecule has 4 aliphatic rings. The average Bonchev–Trinajstić information content (AvgIpc) is 3.48. The van der Waals surface area contributed by atoms with Crippen LogP contribution in [0.3, 0.4) is 0 Å². The molecule has 2 aliphatic carbocycles. The summed E-state index contributed by atoms with van der Waals surface area (Å²) in [6.07, 6.45) is 4.72. The summed E-state index contributed by atoms with van der Waals surface area (Å²) in [4.78, 5) is 41.6. The van der Waals surface area contributed by atoms with Gasteiger partial charge in [-0.05, 0) is 42.4 Å². The van der Waals surface area contributed by atoms with E-state index in [-0.39, 0.29) is 60.5 Å². The van der Waals surface area contributed by atoms with Crippen LogP contribution in [-0.2, 0) is 14.4 Å². The summed E-state index contributed by atoms with van der Waals surface area (Å²) in [5, 5.41) is 10.2. The highest BCUT2D eigenvalue weighted by molar-refractivity contribution is 6.08. The molecule has 3 fully saturated rings. The van der Waals surface area contributed by atoms with Crippen LogP contribution < -0.4 is 4.74 Å². The van der Waals surface area contributed by atoms with E-state index in [9.17, 15) is 19.5 Å². The molecule has 3 amide bonds. The summed E-state index contributed by atoms with van der Waals surface area (Å²) < 4.78 is 5.27. The van der Waals surface area contributed by atoms with E-state index in [4.69, 9.17) is 4.74 Å². The fourth-order valence-corrected chi connectivity index (χ4v) is 5.60. The molecular weight excluding hydrogens is 372 g/mol. The van der Waals surface area contributed by atoms with Gasteiger partial charge in [-0.2, -0.15) is 0 Å². The minimum absolute atomic E-state index is 0.125. The molecule has 7 heteroatoms. The highest BCUT2D eigenvalue weighted by Gasteiger charge is 2.59. The number of likely N-dealkylation sites (tertiary alicyclic amines) is 2. The van der Waals surface area contributed by atoms with Crippen molar-refractivity contribution in [1.82, 2.24) is 9.80 Å². The zero-order chi connectivity index (χ0) is 20.3. The maximum absolute atomic E-state index is 13.1. The Morgan fingerprint density at radius 3 is 2.48 bits per heavy atom. The van der Waals surface area contributed by atoms with E-state index >= 15 is 0 Å². The van der Waals surface area contributed by atoms with Gasteiger partial charge in [0.25, 0.3) is 0 Å². The molecule has 2 heterocycles. The van der Waals surface area contributed by atoms with Gasteiger partial charge in [-0.25, -0.2) is 0 Å². The summed E-state index contributed by atoms with van der Waals surface area (Å²) in [6.45, 7) is -0.0616. The second-order valence-corrected chi connectivity index (χ2v) is 8.49. The summed E-state index contributed by atoms with van der Waals surface area (Å²) in [5.41, 5.74) is 0.868. The predicted octanol–water partition coefficient (Wildman–Crippen LogP) is 1.14. The Morgan fingerprint density at radius 1 is 1.14 bits per heavy atom. The number of nitrogens with zero attached hydrogens (tertiary/aromatic N) is 2. The number of aliphatic hydroxyl groups is 1. The fraction of sp³-hybridized carbons (Fsp3) is 0.500. The lowest BCUT2D eigenvalue weighted by atomic mass is 9.85. The molecule has 0 spiro atoms. The minimum Gasteiger partial charge on any atom is -0.497 e. The zero-order valence-electron chi connectivity index (χ0n) is 16.2. The van der Waals surface area contributed by atoms with E-state index in [2.05, 4.69) is 0 Å². The van der Waals surface area contributed by atoms with E-state index in [1.165, 1.54) is 0 Å². The van der Waals surface area contributed by atoms with Crippen molar-refractivity contribution in [2.75, 3.05) is 20.2 Å². The molecule has 1 N–H and O–H groups in total. The third-order valence-corrected chi connectivity index (χ3v) is 6.93. The maximum atomic E-state index is 13.1. The van der Waals surface area contributed by atoms with Crippen molar-refractivity contribution in [3.8, 4) is 5.75 Å². The highest BCUT2D eigenvalue weighted by Crippen LogP contribution is 2.52. The van der Waals surface area contributed by atoms with Gasteiger partial charge in [0.05, 0.1) is 31.1 Å². The Bertz CT molecular complexity index is 882. The molecule has 2 aliphatic heterocycles. The number of methoxy groups -OCH3 is 1. The number of benzene rings is 1. The van der Waals surface area contributed by atoms with Crippen LogP contribution in [0.25, 0.3) is 0 Å². The number of carbonyl (C=O) groups excluding carboxylic acids is 3. The molecule has 2 bridgehead atoms. The number of allylic oxidation sites excluding steroid dienone is 2. The van der Waals surface area contributed by atoms with Crippen LogP contribution in [0.2, 0.25) is 0 Å². The molecule has 1 aromatic carbocycles. The Balaban J connectivity index is 1.35. The van der Waals surface area contributed by atoms with Crippen molar-refractivity contribution < 1.29 is 24.2 Å². The van der Waals surface area contributed by atoms with E-state index in [1.807, 2.05) is 36.4 Å². The summed E-state index contributed by atoms with van der Waals surface area (Å²) >= 11 is 0. The average molecular weight is 396 g/mol. The van der Waals surface area contributed by atoms with Crippen LogP contribution in [0.1, 0.15) is 24.4 Å². The molecule has 1 saturated carbocycles. The number of amides is 3. The Labute approximate surface area is 168 Å². The van der Waals surface area contributed by atoms with Crippen LogP contribution in [0.15, 0.2) is 36.4 Å². The topological polar surface area (TPSA) is 87.2 Å². The van der Waals surface area contributed by atoms with Crippen LogP contribution in [0, 0.1) is 23.7 Å². The van der Waals surface area contributed by atoms with E-state index in [1.54, 1.807) is 12.0 Å². The number of fused-ring (bicyclic) bond motifs is 5. The van der Waals surface area contributed by atoms with Gasteiger partial charge in [-0.1, -0.05) is 24.3 Å². The van der Waals surface area contributed by atoms with Crippen molar-refractivity contribution in [3.05, 3.63) is 42.0 Å². The normalized spacial score (nSPS) is 35.0. The molecule has 7 nitrogen and oxygen atoms in total. The lowest BCUT2D eigenvalue weighted by molar-refractivity contribution is -0.147. The van der Waals surface area contributed by atoms with Crippen LogP contribution in [0.4, 0.5) is 0 Å². The maximum Gasteiger partial charge on any atom is 0.243 e. The first-order valence-electron chi connectivity index (χ1n) is 10.1. The van der Waals surface area contributed by atoms with Gasteiger partial charge >= 0.3 is 0 Å². The number of carbonyl (C=O) groups is 3. The molecule has 6 atom stereocenters. The lowest BCUT2D eigenvalue weighted by Crippen LogP contribution is -2.44. The van der Waals surface area contributed by atoms with Crippen LogP contribution in [-0.4, -0.2) is 58.9 Å². The number of aliphatic hydroxyl groups excluding tert-OH is 1. The summed E-state index contributed by atoms with van der Waals surface area (Å²) in [6, 6.07) is 7.11. The predicted molar refractivity (Wildman–Crippen MR) is 103 cm³/mol. The first-order valence-corrected chi connectivity index (χ1v) is 10.1. The van der Waals surface area contributed by atoms with Crippen molar-refractivity contribution >= 4 is 17.7 Å². The fourth-order valence-electron chi connectivity index (χ4n) is 5.60. The second kappa shape index (κ2) is 6.69. The number of imide groups is 1. The quantitative estimate of drug-likeness (QED) is 0.609. The molecular formula is C22H24N2O5. The summed E-state index contributed by atoms with van der Waals surface area (Å²) in [7, 11) is 1.58. The standard InChI is InChI=1S/C22H24N2O5/c1-29-16-4-2-3-12(8-16)17-9-15(25)10-23(17)18(26)11-24-21(27)19-13-5-6-14(7-13)20(19)22(24)28/h2-6,8,13-15,17,19-20,25H,7,9-11H2,1H3. The van der Waals surface area contributed by atoms with E-state index < -0.39 is 6.10 Å². The molecule has 29 heavy (non-hydrogen) atoms. The van der Waals surface area contributed by atoms with Gasteiger partial charge in [-0.15, -0.1) is 0 Å². The SMILES string of the molecule is COc1cccc(C2CC(O)CN2C(=O)CN2C(=O)C3C4C=CC(C4)C3C2=O)c1. The highest BCUT2D eigenvalue weighted by atomic mass is 16.5. The third-order valence-electron chi connectivity index (χ3n) is 6.93. The Morgan fingerprint density at radius 2 is 1.83 bits per heavy atom. The minimum atomic E-state index is -0.639. The number of hydrogen-bond donors (Lipinski definition) is 1. The van der Waals surface area contributed by atoms with Gasteiger partial charge < -0.3 is 14.7 Å². The lowest BCUT2D eigenvalue weighted by Gasteiger charge is -2.27. The Hall–Kier alpha value is -2.67. The molecule has 0 aromatic heterocycles. The monoisotopic (exact) mass is 396 g/mol. The van der Waals surface area contributed by atoms with Gasteiger partial charge in [0.15, 0.2) is 0 Å². The molecule has 1 aromatic rings. The molecule has 0 radical (unpaired) electrons. The molecule has 6 unspecified atom stereocenters. The smallest absolute Gasteiger partial charge is 0.243 e. The van der Waals surface area contributed by atoms with Gasteiger partial charge in [0.2, 0.25) is 17.7 Å². The van der Waals surface area contributed by atoms with Crippen molar-refractivity contribution in [3.63, 3.8) is 0 Å². The third kappa shape index (κ3) is 2.79. The summed E-state index contributed by atoms with van der Waals surface area (Å²) in [5.74, 6) is -0.425. The van der Waals surface area contributed by atoms with Crippen LogP contribution in [0.5, 0.6) is 5.75 Å². The zero-order valence-corrected chi connectivity index (χ0v) is 16.2. The van der Waals surface area contributed by atoms with Crippen LogP contribution >= 0.6 is 0 Å². The number of hydrogen-bond acceptors (Lipinski definition) is 5. The molecule has 5 rings (SSSR count). The van der Waals surface area contributed by atoms with Gasteiger partial charge in [0.1, 0.15) is 12.3 Å². The number of ether oxygens (including phenoxy) is 1. The first kappa shape index (κ1) is 18.4. The van der Waals surface area contributed by atoms with Gasteiger partial charge in [0, 0.05) is 6.54 Å². The molecule has 2 saturated heterocycles.